The molecule has 190 valence electrons. The number of ether oxygens (including phenoxy) is 2. The number of para-hydroxylation sites is 1. The monoisotopic (exact) mass is 514 g/mol. The zero-order valence-electron chi connectivity index (χ0n) is 21.0. The molecule has 0 bridgehead atoms. The molecule has 3 aromatic carbocycles. The first-order chi connectivity index (χ1) is 18.1. The van der Waals surface area contributed by atoms with E-state index in [1.54, 1.807) is 0 Å². The van der Waals surface area contributed by atoms with Crippen LogP contribution in [0.25, 0.3) is 17.0 Å². The normalized spacial score (nSPS) is 14.9. The first-order valence-corrected chi connectivity index (χ1v) is 13.0. The van der Waals surface area contributed by atoms with Crippen LogP contribution in [-0.2, 0) is 22.4 Å². The zero-order chi connectivity index (χ0) is 25.6. The number of aromatic nitrogens is 1. The summed E-state index contributed by atoms with van der Waals surface area (Å²) < 4.78 is 10.8. The smallest absolute Gasteiger partial charge is 0.330 e. The van der Waals surface area contributed by atoms with Crippen molar-refractivity contribution in [1.29, 1.82) is 0 Å². The van der Waals surface area contributed by atoms with E-state index in [0.717, 1.165) is 43.7 Å². The Bertz CT molecular complexity index is 1410. The molecule has 0 aliphatic heterocycles. The number of nitrogens with zero attached hydrogens (tertiary/aromatic N) is 1. The molecule has 0 radical (unpaired) electrons. The molecule has 1 aromatic heterocycles. The Balaban J connectivity index is 1.33. The molecule has 5 rings (SSSR count). The zero-order valence-corrected chi connectivity index (χ0v) is 21.7. The third-order valence-electron chi connectivity index (χ3n) is 7.05. The molecule has 1 aliphatic carbocycles. The van der Waals surface area contributed by atoms with Gasteiger partial charge in [-0.2, -0.15) is 0 Å². The Morgan fingerprint density at radius 1 is 1.11 bits per heavy atom. The minimum absolute atomic E-state index is 0.321. The number of H-pyrrole nitrogens is 1. The highest BCUT2D eigenvalue weighted by molar-refractivity contribution is 6.30. The van der Waals surface area contributed by atoms with Gasteiger partial charge in [0.15, 0.2) is 0 Å². The number of methoxy groups -OCH3 is 1. The number of hydrogen-bond donors (Lipinski definition) is 1. The minimum atomic E-state index is -0.346. The van der Waals surface area contributed by atoms with Crippen LogP contribution >= 0.6 is 11.6 Å². The average molecular weight is 515 g/mol. The van der Waals surface area contributed by atoms with Gasteiger partial charge in [-0.05, 0) is 71.9 Å². The van der Waals surface area contributed by atoms with Crippen LogP contribution in [-0.4, -0.2) is 42.7 Å². The van der Waals surface area contributed by atoms with Crippen LogP contribution in [0.15, 0.2) is 79.0 Å². The second kappa shape index (κ2) is 11.7. The summed E-state index contributed by atoms with van der Waals surface area (Å²) in [5, 5.41) is 1.96. The van der Waals surface area contributed by atoms with E-state index in [0.29, 0.717) is 17.7 Å². The number of halogens is 1. The number of benzene rings is 3. The van der Waals surface area contributed by atoms with E-state index in [1.807, 2.05) is 30.3 Å². The number of hydrogen-bond acceptors (Lipinski definition) is 4. The van der Waals surface area contributed by atoms with Crippen molar-refractivity contribution in [1.82, 2.24) is 9.88 Å². The summed E-state index contributed by atoms with van der Waals surface area (Å²) in [6.45, 7) is 2.32. The van der Waals surface area contributed by atoms with Crippen LogP contribution in [0.4, 0.5) is 0 Å². The molecule has 1 N–H and O–H groups in total. The quantitative estimate of drug-likeness (QED) is 0.191. The van der Waals surface area contributed by atoms with E-state index in [-0.39, 0.29) is 5.97 Å². The standard InChI is InChI=1S/C31H31ClN2O3/c1-36-31(35)14-10-22-9-12-28-23(19-22)11-13-30(28)34(17-18-37-26-6-4-5-25(32)20-26)16-15-24-21-33-29-8-3-2-7-27(24)29/h2-10,12,14,19-21,30,33H,11,13,15-18H2,1H3/b14-10+. The van der Waals surface area contributed by atoms with Gasteiger partial charge in [0, 0.05) is 47.3 Å². The van der Waals surface area contributed by atoms with Crippen LogP contribution < -0.4 is 4.74 Å². The van der Waals surface area contributed by atoms with Crippen molar-refractivity contribution in [3.63, 3.8) is 0 Å². The Hall–Kier alpha value is -3.54. The highest BCUT2D eigenvalue weighted by Gasteiger charge is 2.28. The summed E-state index contributed by atoms with van der Waals surface area (Å²) in [4.78, 5) is 17.4. The molecule has 1 atom stereocenters. The third-order valence-corrected chi connectivity index (χ3v) is 7.29. The Kier molecular flexibility index (Phi) is 7.93. The molecule has 4 aromatic rings. The summed E-state index contributed by atoms with van der Waals surface area (Å²) in [6, 6.07) is 22.8. The van der Waals surface area contributed by atoms with Crippen molar-refractivity contribution in [3.8, 4) is 5.75 Å². The molecule has 1 aliphatic rings. The van der Waals surface area contributed by atoms with Crippen molar-refractivity contribution < 1.29 is 14.3 Å². The summed E-state index contributed by atoms with van der Waals surface area (Å²) in [7, 11) is 1.39. The van der Waals surface area contributed by atoms with Crippen LogP contribution in [0.2, 0.25) is 5.02 Å². The topological polar surface area (TPSA) is 54.6 Å². The predicted molar refractivity (Wildman–Crippen MR) is 149 cm³/mol. The van der Waals surface area contributed by atoms with Gasteiger partial charge in [-0.1, -0.05) is 54.1 Å². The maximum absolute atomic E-state index is 11.5. The maximum Gasteiger partial charge on any atom is 0.330 e. The third kappa shape index (κ3) is 6.07. The minimum Gasteiger partial charge on any atom is -0.492 e. The lowest BCUT2D eigenvalue weighted by Gasteiger charge is -2.29. The van der Waals surface area contributed by atoms with Gasteiger partial charge >= 0.3 is 5.97 Å². The van der Waals surface area contributed by atoms with E-state index in [1.165, 1.54) is 40.8 Å². The maximum atomic E-state index is 11.5. The molecule has 6 heteroatoms. The molecule has 37 heavy (non-hydrogen) atoms. The summed E-state index contributed by atoms with van der Waals surface area (Å²) >= 11 is 6.14. The molecule has 0 amide bonds. The summed E-state index contributed by atoms with van der Waals surface area (Å²) in [5.41, 5.74) is 6.21. The largest absolute Gasteiger partial charge is 0.492 e. The first-order valence-electron chi connectivity index (χ1n) is 12.7. The van der Waals surface area contributed by atoms with Gasteiger partial charge in [0.05, 0.1) is 7.11 Å². The van der Waals surface area contributed by atoms with Crippen LogP contribution in [0, 0.1) is 0 Å². The Morgan fingerprint density at radius 3 is 2.86 bits per heavy atom. The second-order valence-corrected chi connectivity index (χ2v) is 9.76. The molecule has 0 fully saturated rings. The lowest BCUT2D eigenvalue weighted by molar-refractivity contribution is -0.134. The lowest BCUT2D eigenvalue weighted by Crippen LogP contribution is -2.33. The number of aryl methyl sites for hydroxylation is 1. The summed E-state index contributed by atoms with van der Waals surface area (Å²) in [6.07, 6.45) is 8.44. The van der Waals surface area contributed by atoms with Crippen molar-refractivity contribution in [3.05, 3.63) is 106 Å². The van der Waals surface area contributed by atoms with Crippen LogP contribution in [0.5, 0.6) is 5.75 Å². The van der Waals surface area contributed by atoms with Crippen LogP contribution in [0.3, 0.4) is 0 Å². The van der Waals surface area contributed by atoms with Gasteiger partial charge < -0.3 is 14.5 Å². The van der Waals surface area contributed by atoms with Gasteiger partial charge in [0.25, 0.3) is 0 Å². The number of esters is 1. The fourth-order valence-electron chi connectivity index (χ4n) is 5.19. The molecular formula is C31H31ClN2O3. The van der Waals surface area contributed by atoms with Crippen molar-refractivity contribution >= 4 is 34.5 Å². The molecule has 0 saturated carbocycles. The number of nitrogens with one attached hydrogen (secondary N) is 1. The Morgan fingerprint density at radius 2 is 2.00 bits per heavy atom. The predicted octanol–water partition coefficient (Wildman–Crippen LogP) is 6.62. The number of fused-ring (bicyclic) bond motifs is 2. The van der Waals surface area contributed by atoms with E-state index in [9.17, 15) is 4.79 Å². The number of rotatable bonds is 10. The highest BCUT2D eigenvalue weighted by Crippen LogP contribution is 2.37. The van der Waals surface area contributed by atoms with E-state index in [2.05, 4.69) is 58.5 Å². The van der Waals surface area contributed by atoms with Gasteiger partial charge in [0.2, 0.25) is 0 Å². The van der Waals surface area contributed by atoms with E-state index < -0.39 is 0 Å². The van der Waals surface area contributed by atoms with Crippen LogP contribution in [0.1, 0.15) is 34.7 Å². The molecule has 1 unspecified atom stereocenters. The lowest BCUT2D eigenvalue weighted by atomic mass is 10.0. The summed E-state index contributed by atoms with van der Waals surface area (Å²) in [5.74, 6) is 0.444. The fraction of sp³-hybridized carbons (Fsp3) is 0.258. The van der Waals surface area contributed by atoms with Crippen molar-refractivity contribution in [2.75, 3.05) is 26.8 Å². The number of aromatic amines is 1. The molecule has 1 heterocycles. The fourth-order valence-corrected chi connectivity index (χ4v) is 5.37. The van der Waals surface area contributed by atoms with Crippen molar-refractivity contribution in [2.45, 2.75) is 25.3 Å². The highest BCUT2D eigenvalue weighted by atomic mass is 35.5. The Labute approximate surface area is 222 Å². The average Bonchev–Trinajstić information content (AvgIpc) is 3.53. The molecular weight excluding hydrogens is 484 g/mol. The molecule has 0 spiro atoms. The second-order valence-electron chi connectivity index (χ2n) is 9.32. The van der Waals surface area contributed by atoms with Gasteiger partial charge in [-0.3, -0.25) is 4.90 Å². The first kappa shape index (κ1) is 25.1. The van der Waals surface area contributed by atoms with Gasteiger partial charge in [0.1, 0.15) is 12.4 Å². The number of carbonyl (C=O) groups excluding carboxylic acids is 1. The molecule has 0 saturated heterocycles. The van der Waals surface area contributed by atoms with Gasteiger partial charge in [-0.15, -0.1) is 0 Å². The van der Waals surface area contributed by atoms with E-state index >= 15 is 0 Å². The van der Waals surface area contributed by atoms with E-state index in [4.69, 9.17) is 21.1 Å². The van der Waals surface area contributed by atoms with Crippen molar-refractivity contribution in [2.24, 2.45) is 0 Å². The molecule has 5 nitrogen and oxygen atoms in total. The number of carbonyl (C=O) groups is 1. The van der Waals surface area contributed by atoms with Gasteiger partial charge in [-0.25, -0.2) is 4.79 Å². The SMILES string of the molecule is COC(=O)/C=C/c1ccc2c(c1)CCC2N(CCOc1cccc(Cl)c1)CCc1c[nH]c2ccccc12.